The van der Waals surface area contributed by atoms with Crippen molar-refractivity contribution in [1.82, 2.24) is 4.90 Å². The van der Waals surface area contributed by atoms with Crippen molar-refractivity contribution < 1.29 is 9.47 Å². The molecule has 1 aliphatic rings. The number of hydrogen-bond donors (Lipinski definition) is 0. The van der Waals surface area contributed by atoms with Crippen molar-refractivity contribution in [2.75, 3.05) is 26.3 Å². The summed E-state index contributed by atoms with van der Waals surface area (Å²) in [7, 11) is 0. The van der Waals surface area contributed by atoms with Crippen LogP contribution in [0.25, 0.3) is 0 Å². The molecule has 0 N–H and O–H groups in total. The van der Waals surface area contributed by atoms with Gasteiger partial charge in [0.05, 0.1) is 13.2 Å². The molecular formula is C23H32ClNO2. The molecule has 148 valence electrons. The van der Waals surface area contributed by atoms with Crippen LogP contribution in [0, 0.1) is 5.92 Å². The van der Waals surface area contributed by atoms with Gasteiger partial charge in [-0.05, 0) is 48.6 Å². The lowest BCUT2D eigenvalue weighted by Gasteiger charge is -2.38. The van der Waals surface area contributed by atoms with Gasteiger partial charge < -0.3 is 9.47 Å². The van der Waals surface area contributed by atoms with Crippen molar-refractivity contribution >= 4 is 12.4 Å². The number of aryl methyl sites for hydroxylation is 1. The molecule has 1 atom stereocenters. The second-order valence-corrected chi connectivity index (χ2v) is 7.44. The predicted octanol–water partition coefficient (Wildman–Crippen LogP) is 4.98. The molecule has 3 rings (SSSR count). The summed E-state index contributed by atoms with van der Waals surface area (Å²) in [6, 6.07) is 19.4. The van der Waals surface area contributed by atoms with E-state index in [1.54, 1.807) is 0 Å². The third-order valence-electron chi connectivity index (χ3n) is 5.13. The maximum atomic E-state index is 5.81. The molecule has 0 saturated carbocycles. The summed E-state index contributed by atoms with van der Waals surface area (Å²) in [6.45, 7) is 9.19. The second-order valence-electron chi connectivity index (χ2n) is 7.44. The molecule has 2 aromatic carbocycles. The van der Waals surface area contributed by atoms with E-state index in [0.29, 0.717) is 18.6 Å². The second kappa shape index (κ2) is 11.3. The monoisotopic (exact) mass is 389 g/mol. The molecule has 1 unspecified atom stereocenters. The first-order valence-electron chi connectivity index (χ1n) is 9.80. The van der Waals surface area contributed by atoms with E-state index in [0.717, 1.165) is 38.5 Å². The van der Waals surface area contributed by atoms with Crippen LogP contribution in [0.4, 0.5) is 0 Å². The smallest absolute Gasteiger partial charge is 0.119 e. The van der Waals surface area contributed by atoms with Crippen molar-refractivity contribution in [3.05, 3.63) is 65.7 Å². The van der Waals surface area contributed by atoms with Gasteiger partial charge in [-0.3, -0.25) is 4.90 Å². The van der Waals surface area contributed by atoms with Gasteiger partial charge in [0.2, 0.25) is 0 Å². The fourth-order valence-electron chi connectivity index (χ4n) is 3.52. The summed E-state index contributed by atoms with van der Waals surface area (Å²) < 4.78 is 11.5. The van der Waals surface area contributed by atoms with E-state index in [4.69, 9.17) is 9.47 Å². The first-order valence-corrected chi connectivity index (χ1v) is 9.80. The number of ether oxygens (including phenoxy) is 2. The van der Waals surface area contributed by atoms with Crippen LogP contribution in [-0.2, 0) is 17.8 Å². The predicted molar refractivity (Wildman–Crippen MR) is 114 cm³/mol. The van der Waals surface area contributed by atoms with Gasteiger partial charge >= 0.3 is 0 Å². The highest BCUT2D eigenvalue weighted by Gasteiger charge is 2.24. The number of hydrogen-bond acceptors (Lipinski definition) is 3. The van der Waals surface area contributed by atoms with Gasteiger partial charge in [0.25, 0.3) is 0 Å². The Balaban J connectivity index is 0.00000261. The zero-order chi connectivity index (χ0) is 18.2. The van der Waals surface area contributed by atoms with Crippen molar-refractivity contribution in [3.63, 3.8) is 0 Å². The average molecular weight is 390 g/mol. The number of rotatable bonds is 8. The Morgan fingerprint density at radius 1 is 1.04 bits per heavy atom. The highest BCUT2D eigenvalue weighted by Crippen LogP contribution is 2.17. The Hall–Kier alpha value is -1.55. The maximum Gasteiger partial charge on any atom is 0.119 e. The topological polar surface area (TPSA) is 21.7 Å². The van der Waals surface area contributed by atoms with E-state index in [2.05, 4.69) is 43.0 Å². The fourth-order valence-corrected chi connectivity index (χ4v) is 3.52. The highest BCUT2D eigenvalue weighted by atomic mass is 35.5. The highest BCUT2D eigenvalue weighted by molar-refractivity contribution is 5.85. The zero-order valence-electron chi connectivity index (χ0n) is 16.5. The van der Waals surface area contributed by atoms with Gasteiger partial charge in [0, 0.05) is 12.6 Å². The van der Waals surface area contributed by atoms with Crippen molar-refractivity contribution in [2.45, 2.75) is 39.3 Å². The molecule has 0 spiro atoms. The van der Waals surface area contributed by atoms with Crippen LogP contribution in [0.15, 0.2) is 54.6 Å². The third-order valence-corrected chi connectivity index (χ3v) is 5.13. The van der Waals surface area contributed by atoms with E-state index in [1.807, 2.05) is 30.3 Å². The van der Waals surface area contributed by atoms with Crippen LogP contribution in [0.5, 0.6) is 5.75 Å². The summed E-state index contributed by atoms with van der Waals surface area (Å²) in [5, 5.41) is 0. The average Bonchev–Trinajstić information content (AvgIpc) is 2.68. The zero-order valence-corrected chi connectivity index (χ0v) is 17.3. The lowest BCUT2D eigenvalue weighted by Crippen LogP contribution is -2.48. The van der Waals surface area contributed by atoms with Crippen LogP contribution < -0.4 is 4.74 Å². The molecule has 0 aliphatic carbocycles. The van der Waals surface area contributed by atoms with E-state index in [-0.39, 0.29) is 12.4 Å². The van der Waals surface area contributed by atoms with E-state index >= 15 is 0 Å². The Morgan fingerprint density at radius 2 is 1.74 bits per heavy atom. The molecule has 1 aliphatic heterocycles. The fraction of sp³-hybridized carbons (Fsp3) is 0.478. The van der Waals surface area contributed by atoms with Crippen LogP contribution in [0.1, 0.15) is 31.4 Å². The van der Waals surface area contributed by atoms with Gasteiger partial charge in [-0.2, -0.15) is 0 Å². The van der Waals surface area contributed by atoms with Gasteiger partial charge in [0.15, 0.2) is 0 Å². The Morgan fingerprint density at radius 3 is 2.44 bits per heavy atom. The van der Waals surface area contributed by atoms with Crippen LogP contribution in [0.3, 0.4) is 0 Å². The van der Waals surface area contributed by atoms with Gasteiger partial charge in [0.1, 0.15) is 12.4 Å². The molecule has 1 heterocycles. The van der Waals surface area contributed by atoms with E-state index in [9.17, 15) is 0 Å². The Labute approximate surface area is 170 Å². The van der Waals surface area contributed by atoms with Crippen LogP contribution in [0.2, 0.25) is 0 Å². The Bertz CT molecular complexity index is 645. The minimum atomic E-state index is 0. The molecule has 0 bridgehead atoms. The lowest BCUT2D eigenvalue weighted by molar-refractivity contribution is -0.0246. The van der Waals surface area contributed by atoms with Gasteiger partial charge in [-0.25, -0.2) is 0 Å². The molecule has 3 nitrogen and oxygen atoms in total. The standard InChI is InChI=1S/C23H31NO2.ClH/c1-19(2)23-18-25-16-15-24(23)14-6-7-20-10-12-21(13-11-20)17-26-22-8-4-3-5-9-22;/h3-5,8-13,19,23H,6-7,14-18H2,1-2H3;1H. The molecule has 0 amide bonds. The van der Waals surface area contributed by atoms with Crippen molar-refractivity contribution in [3.8, 4) is 5.75 Å². The number of halogens is 1. The molecule has 2 aromatic rings. The van der Waals surface area contributed by atoms with Crippen LogP contribution in [-0.4, -0.2) is 37.2 Å². The summed E-state index contributed by atoms with van der Waals surface area (Å²) in [4.78, 5) is 2.61. The van der Waals surface area contributed by atoms with Crippen molar-refractivity contribution in [2.24, 2.45) is 5.92 Å². The van der Waals surface area contributed by atoms with E-state index in [1.165, 1.54) is 17.5 Å². The summed E-state index contributed by atoms with van der Waals surface area (Å²) in [5.74, 6) is 1.57. The summed E-state index contributed by atoms with van der Waals surface area (Å²) in [6.07, 6.45) is 2.32. The normalized spacial score (nSPS) is 17.5. The maximum absolute atomic E-state index is 5.81. The molecule has 0 aromatic heterocycles. The minimum absolute atomic E-state index is 0. The molecule has 1 fully saturated rings. The molecule has 4 heteroatoms. The Kier molecular flexibility index (Phi) is 9.12. The van der Waals surface area contributed by atoms with Crippen molar-refractivity contribution in [1.29, 1.82) is 0 Å². The van der Waals surface area contributed by atoms with Gasteiger partial charge in [-0.15, -0.1) is 12.4 Å². The lowest BCUT2D eigenvalue weighted by atomic mass is 10.0. The number of nitrogens with zero attached hydrogens (tertiary/aromatic N) is 1. The molecule has 1 saturated heterocycles. The number of benzene rings is 2. The third kappa shape index (κ3) is 6.84. The first kappa shape index (κ1) is 21.7. The largest absolute Gasteiger partial charge is 0.489 e. The first-order chi connectivity index (χ1) is 12.7. The molecular weight excluding hydrogens is 358 g/mol. The molecule has 0 radical (unpaired) electrons. The SMILES string of the molecule is CC(C)C1COCCN1CCCc1ccc(COc2ccccc2)cc1.Cl. The van der Waals surface area contributed by atoms with Crippen LogP contribution >= 0.6 is 12.4 Å². The summed E-state index contributed by atoms with van der Waals surface area (Å²) in [5.41, 5.74) is 2.62. The van der Waals surface area contributed by atoms with Gasteiger partial charge in [-0.1, -0.05) is 56.3 Å². The number of morpholine rings is 1. The van der Waals surface area contributed by atoms with E-state index < -0.39 is 0 Å². The quantitative estimate of drug-likeness (QED) is 0.635. The minimum Gasteiger partial charge on any atom is -0.489 e. The number of para-hydroxylation sites is 1. The molecule has 27 heavy (non-hydrogen) atoms. The summed E-state index contributed by atoms with van der Waals surface area (Å²) >= 11 is 0.